The van der Waals surface area contributed by atoms with Crippen LogP contribution in [0.1, 0.15) is 331 Å². The Kier molecular flexibility index (Phi) is 33.1. The summed E-state index contributed by atoms with van der Waals surface area (Å²) in [6.07, 6.45) is 22.9. The van der Waals surface area contributed by atoms with Crippen LogP contribution in [-0.4, -0.2) is 197 Å². The highest BCUT2D eigenvalue weighted by molar-refractivity contribution is 7.88. The SMILES string of the molecule is CCC(C)(C)C(=O)OC1(CC)C2CC3CC(C2)CC1C3.CCC(C)(C)C(=O)OC12CC3CC(CC(O)(C3)C1)C2.CCC(C)(C)C(=O)OC1CCOC1=O.CCC(C)(C)C(=O)OCC(=O)OC1C2CC3C1OS(=O)(=O)C3C2.CCC(C)(C)C(=O)OCC(=O)OCC(=O)OC1(C)C2CC3CC(C2)CC1C3.CCC(C)(C)C(=O)OCCOC(=O)CCC(=O)OC1C2CC3C1OS(=O)(=O)C3C2. The lowest BCUT2D eigenvalue weighted by Gasteiger charge is -2.60. The minimum atomic E-state index is -3.56. The zero-order valence-electron chi connectivity index (χ0n) is 82.1. The highest BCUT2D eigenvalue weighted by Gasteiger charge is 2.68. The van der Waals surface area contributed by atoms with Gasteiger partial charge in [0, 0.05) is 36.5 Å². The van der Waals surface area contributed by atoms with Gasteiger partial charge in [0.15, 0.2) is 19.8 Å². The number of fused-ring (bicyclic) bond motifs is 2. The molecule has 3 aliphatic heterocycles. The first-order valence-corrected chi connectivity index (χ1v) is 52.3. The Labute approximate surface area is 781 Å². The van der Waals surface area contributed by atoms with Crippen molar-refractivity contribution in [3.05, 3.63) is 0 Å². The molecule has 0 radical (unpaired) electrons. The first-order valence-electron chi connectivity index (χ1n) is 49.3. The first kappa shape index (κ1) is 106. The van der Waals surface area contributed by atoms with E-state index in [2.05, 4.69) is 20.8 Å². The molecule has 19 fully saturated rings. The van der Waals surface area contributed by atoms with Crippen molar-refractivity contribution in [2.24, 2.45) is 115 Å². The molecule has 16 aliphatic carbocycles. The molecule has 13 unspecified atom stereocenters. The van der Waals surface area contributed by atoms with Gasteiger partial charge in [-0.3, -0.25) is 46.7 Å². The Bertz CT molecular complexity index is 4370. The van der Waals surface area contributed by atoms with Crippen LogP contribution in [0.25, 0.3) is 0 Å². The average molecular weight is 1900 g/mol. The highest BCUT2D eigenvalue weighted by Crippen LogP contribution is 2.64. The quantitative estimate of drug-likeness (QED) is 0.0291. The Morgan fingerprint density at radius 3 is 1.20 bits per heavy atom. The molecule has 0 aromatic heterocycles. The van der Waals surface area contributed by atoms with Crippen LogP contribution < -0.4 is 0 Å². The third kappa shape index (κ3) is 23.9. The van der Waals surface area contributed by atoms with Crippen molar-refractivity contribution in [1.82, 2.24) is 0 Å². The van der Waals surface area contributed by atoms with E-state index in [0.717, 1.165) is 94.3 Å². The fourth-order valence-corrected chi connectivity index (χ4v) is 27.8. The maximum atomic E-state index is 12.6. The molecule has 16 saturated carbocycles. The zero-order valence-corrected chi connectivity index (χ0v) is 83.7. The van der Waals surface area contributed by atoms with Gasteiger partial charge in [0.05, 0.1) is 68.0 Å². The van der Waals surface area contributed by atoms with Gasteiger partial charge >= 0.3 is 71.6 Å². The van der Waals surface area contributed by atoms with Crippen molar-refractivity contribution >= 4 is 91.9 Å². The van der Waals surface area contributed by atoms with Crippen LogP contribution in [0.2, 0.25) is 0 Å². The Hall–Kier alpha value is -6.58. The lowest BCUT2D eigenvalue weighted by molar-refractivity contribution is -0.225. The third-order valence-electron chi connectivity index (χ3n) is 34.0. The predicted octanol–water partition coefficient (Wildman–Crippen LogP) is 14.5. The van der Waals surface area contributed by atoms with Crippen LogP contribution in [0.5, 0.6) is 0 Å². The predicted molar refractivity (Wildman–Crippen MR) is 477 cm³/mol. The molecule has 0 amide bonds. The number of cyclic esters (lactones) is 1. The summed E-state index contributed by atoms with van der Waals surface area (Å²) in [5.74, 6) is 1.34. The van der Waals surface area contributed by atoms with Crippen LogP contribution in [0.15, 0.2) is 0 Å². The maximum absolute atomic E-state index is 12.6. The van der Waals surface area contributed by atoms with Gasteiger partial charge < -0.3 is 61.9 Å². The molecule has 1 N–H and O–H groups in total. The van der Waals surface area contributed by atoms with E-state index in [1.165, 1.54) is 44.9 Å². The lowest BCUT2D eigenvalue weighted by atomic mass is 9.49. The van der Waals surface area contributed by atoms with Crippen molar-refractivity contribution in [2.75, 3.05) is 39.6 Å². The van der Waals surface area contributed by atoms with Crippen LogP contribution in [0.3, 0.4) is 0 Å². The highest BCUT2D eigenvalue weighted by atomic mass is 32.2. The number of esters is 12. The second-order valence-corrected chi connectivity index (χ2v) is 49.1. The third-order valence-corrected chi connectivity index (χ3v) is 37.5. The second kappa shape index (κ2) is 41.2. The van der Waals surface area contributed by atoms with Crippen LogP contribution in [0, 0.1) is 115 Å². The largest absolute Gasteiger partial charge is 0.463 e. The van der Waals surface area contributed by atoms with Crippen molar-refractivity contribution in [2.45, 2.75) is 395 Å². The summed E-state index contributed by atoms with van der Waals surface area (Å²) in [7, 11) is -7.08. The minimum absolute atomic E-state index is 0.00904. The van der Waals surface area contributed by atoms with E-state index in [1.807, 2.05) is 62.3 Å². The Morgan fingerprint density at radius 2 is 0.773 bits per heavy atom. The summed E-state index contributed by atoms with van der Waals surface area (Å²) < 4.78 is 121. The molecule has 0 aromatic rings. The molecule has 13 atom stereocenters. The molecule has 19 rings (SSSR count). The number of carbonyl (C=O) groups excluding carboxylic acids is 12. The van der Waals surface area contributed by atoms with E-state index in [-0.39, 0.29) is 90.2 Å². The summed E-state index contributed by atoms with van der Waals surface area (Å²) >= 11 is 0. The van der Waals surface area contributed by atoms with E-state index in [1.54, 1.807) is 55.4 Å². The maximum Gasteiger partial charge on any atom is 0.347 e. The molecule has 3 heterocycles. The average Bonchev–Trinajstić information content (AvgIpc) is 1.56. The van der Waals surface area contributed by atoms with E-state index in [4.69, 9.17) is 65.2 Å². The van der Waals surface area contributed by atoms with Crippen LogP contribution in [0.4, 0.5) is 0 Å². The first-order chi connectivity index (χ1) is 61.5. The van der Waals surface area contributed by atoms with Gasteiger partial charge in [-0.2, -0.15) is 16.8 Å². The van der Waals surface area contributed by atoms with Gasteiger partial charge in [0.2, 0.25) is 6.10 Å². The van der Waals surface area contributed by atoms with E-state index < -0.39 is 167 Å². The summed E-state index contributed by atoms with van der Waals surface area (Å²) in [5.41, 5.74) is -4.63. The molecule has 16 bridgehead atoms. The number of aliphatic hydroxyl groups is 1. The summed E-state index contributed by atoms with van der Waals surface area (Å²) in [4.78, 5) is 143. The van der Waals surface area contributed by atoms with Gasteiger partial charge in [-0.05, 0) is 316 Å². The van der Waals surface area contributed by atoms with Gasteiger partial charge in [-0.25, -0.2) is 19.2 Å². The number of rotatable bonds is 31. The fourth-order valence-electron chi connectivity index (χ4n) is 24.1. The summed E-state index contributed by atoms with van der Waals surface area (Å²) in [6, 6.07) is 0. The van der Waals surface area contributed by atoms with Crippen molar-refractivity contribution < 1.29 is 145 Å². The van der Waals surface area contributed by atoms with Gasteiger partial charge in [0.1, 0.15) is 54.4 Å². The molecule has 19 aliphatic rings. The minimum Gasteiger partial charge on any atom is -0.463 e. The summed E-state index contributed by atoms with van der Waals surface area (Å²) in [6.45, 7) is 36.8. The molecule has 31 nitrogen and oxygen atoms in total. The lowest BCUT2D eigenvalue weighted by Crippen LogP contribution is -2.61. The second-order valence-electron chi connectivity index (χ2n) is 45.6. The molecule has 0 aromatic carbocycles. The van der Waals surface area contributed by atoms with Crippen LogP contribution >= 0.6 is 0 Å². The molecule has 33 heteroatoms. The monoisotopic (exact) mass is 1900 g/mol. The van der Waals surface area contributed by atoms with Crippen LogP contribution in [-0.2, 0) is 143 Å². The molecule has 748 valence electrons. The number of hydrogen-bond donors (Lipinski definition) is 1. The van der Waals surface area contributed by atoms with Gasteiger partial charge in [-0.1, -0.05) is 48.5 Å². The van der Waals surface area contributed by atoms with Crippen molar-refractivity contribution in [1.29, 1.82) is 0 Å². The molecule has 0 spiro atoms. The van der Waals surface area contributed by atoms with Gasteiger partial charge in [-0.15, -0.1) is 0 Å². The van der Waals surface area contributed by atoms with Crippen molar-refractivity contribution in [3.63, 3.8) is 0 Å². The molecule has 3 saturated heterocycles. The zero-order chi connectivity index (χ0) is 97.4. The number of carbonyl (C=O) groups is 12. The fraction of sp³-hybridized carbons (Fsp3) is 0.879. The standard InChI is InChI=1S/C21H32O6.C19H28O9S.C18H30O2.C16H26O3.C15H22O7S.C10H16O4/c1-5-20(2,3)19(24)26-11-17(22)25-12-18(23)27-21(4)15-7-13-6-14(9-15)10-16(21)8-13;1-4-19(2,3)18(22)26-8-7-25-14(20)5-6-15(21)27-16-11-9-12-13(10-11)29(23,24)28-17(12)16;1-5-17(3,4)16(19)20-18(6-2)14-8-12-7-13(10-14)11-15(18)9-12;1-4-14(2,3)13(17)19-16-8-11-5-12(9-16)7-15(18,6-11)10-16;1-4-15(2,3)14(17)20-7-11(16)21-12-8-5-9-10(6-8)23(18,19)22-13(9)12;1-4-10(2,3)9(12)14-7-5-6-13-8(7)11/h13-16H,5-12H2,1-4H3;11-13,16-17H,4-10H2,1-3H3;12-15H,5-11H2,1-4H3;11-12,18H,4-10H2,1-3H3;8-10,12-13H,4-7H2,1-3H3;7H,4-6H2,1-3H3. The number of ether oxygens (including phenoxy) is 12. The normalized spacial score (nSPS) is 35.6. The Morgan fingerprint density at radius 1 is 0.394 bits per heavy atom. The van der Waals surface area contributed by atoms with Crippen molar-refractivity contribution in [3.8, 4) is 0 Å². The van der Waals surface area contributed by atoms with E-state index in [9.17, 15) is 79.5 Å². The van der Waals surface area contributed by atoms with E-state index >= 15 is 0 Å². The smallest absolute Gasteiger partial charge is 0.347 e. The summed E-state index contributed by atoms with van der Waals surface area (Å²) in [5, 5.41) is 9.73. The topological polar surface area (TPSA) is 423 Å². The van der Waals surface area contributed by atoms with Gasteiger partial charge in [0.25, 0.3) is 20.2 Å². The van der Waals surface area contributed by atoms with E-state index in [0.29, 0.717) is 106 Å². The molecule has 132 heavy (non-hydrogen) atoms. The number of hydrogen-bond acceptors (Lipinski definition) is 31. The molecular weight excluding hydrogens is 1750 g/mol. The molecular formula is C99H154O31S2. The Balaban J connectivity index is 0.000000155.